The van der Waals surface area contributed by atoms with Gasteiger partial charge in [-0.1, -0.05) is 27.5 Å². The molecule has 1 N–H and O–H groups in total. The Hall–Kier alpha value is 0.300. The van der Waals surface area contributed by atoms with Crippen LogP contribution in [0.4, 0.5) is 0 Å². The largest absolute Gasteiger partial charge is 0.313 e. The molecule has 0 aliphatic carbocycles. The van der Waals surface area contributed by atoms with E-state index in [-0.39, 0.29) is 0 Å². The molecule has 0 bridgehead atoms. The van der Waals surface area contributed by atoms with E-state index in [0.717, 1.165) is 22.5 Å². The van der Waals surface area contributed by atoms with Crippen molar-refractivity contribution in [2.24, 2.45) is 0 Å². The predicted octanol–water partition coefficient (Wildman–Crippen LogP) is 3.74. The minimum Gasteiger partial charge on any atom is -0.313 e. The van der Waals surface area contributed by atoms with Crippen molar-refractivity contribution in [3.05, 3.63) is 33.3 Å². The zero-order valence-corrected chi connectivity index (χ0v) is 12.2. The molecule has 0 radical (unpaired) electrons. The highest BCUT2D eigenvalue weighted by Gasteiger charge is 2.14. The standard InChI is InChI=1S/C12H15BrClNS/c13-12-2-1-10(14)7-9(12)3-5-15-11-4-6-16-8-11/h1-2,7,11,15H,3-6,8H2. The number of benzene rings is 1. The molecule has 1 atom stereocenters. The normalized spacial score (nSPS) is 20.2. The maximum atomic E-state index is 5.98. The topological polar surface area (TPSA) is 12.0 Å². The molecule has 1 aliphatic rings. The molecule has 0 amide bonds. The maximum Gasteiger partial charge on any atom is 0.0409 e. The predicted molar refractivity (Wildman–Crippen MR) is 76.6 cm³/mol. The van der Waals surface area contributed by atoms with Crippen LogP contribution in [0, 0.1) is 0 Å². The summed E-state index contributed by atoms with van der Waals surface area (Å²) in [6.45, 7) is 1.03. The fourth-order valence-corrected chi connectivity index (χ4v) is 3.67. The Labute approximate surface area is 114 Å². The molecule has 1 unspecified atom stereocenters. The van der Waals surface area contributed by atoms with E-state index in [4.69, 9.17) is 11.6 Å². The molecule has 2 rings (SSSR count). The highest BCUT2D eigenvalue weighted by atomic mass is 79.9. The van der Waals surface area contributed by atoms with Crippen LogP contribution in [0.2, 0.25) is 5.02 Å². The summed E-state index contributed by atoms with van der Waals surface area (Å²) in [4.78, 5) is 0. The van der Waals surface area contributed by atoms with Gasteiger partial charge in [0.2, 0.25) is 0 Å². The van der Waals surface area contributed by atoms with Crippen LogP contribution in [-0.2, 0) is 6.42 Å². The monoisotopic (exact) mass is 319 g/mol. The fourth-order valence-electron chi connectivity index (χ4n) is 1.84. The van der Waals surface area contributed by atoms with Gasteiger partial charge in [-0.05, 0) is 48.9 Å². The van der Waals surface area contributed by atoms with Gasteiger partial charge in [0.25, 0.3) is 0 Å². The van der Waals surface area contributed by atoms with Crippen molar-refractivity contribution in [3.8, 4) is 0 Å². The average molecular weight is 321 g/mol. The average Bonchev–Trinajstić information content (AvgIpc) is 2.76. The quantitative estimate of drug-likeness (QED) is 0.907. The van der Waals surface area contributed by atoms with E-state index in [9.17, 15) is 0 Å². The van der Waals surface area contributed by atoms with Gasteiger partial charge in [0.15, 0.2) is 0 Å². The first-order valence-corrected chi connectivity index (χ1v) is 7.83. The molecule has 1 heterocycles. The summed E-state index contributed by atoms with van der Waals surface area (Å²) in [5.41, 5.74) is 1.28. The van der Waals surface area contributed by atoms with Crippen LogP contribution in [0.3, 0.4) is 0 Å². The van der Waals surface area contributed by atoms with Crippen LogP contribution < -0.4 is 5.32 Å². The Morgan fingerprint density at radius 3 is 3.12 bits per heavy atom. The number of thioether (sulfide) groups is 1. The molecule has 4 heteroatoms. The third-order valence-corrected chi connectivity index (χ3v) is 4.94. The number of halogens is 2. The lowest BCUT2D eigenvalue weighted by molar-refractivity contribution is 0.560. The molecule has 1 nitrogen and oxygen atoms in total. The van der Waals surface area contributed by atoms with Gasteiger partial charge in [-0.25, -0.2) is 0 Å². The van der Waals surface area contributed by atoms with Crippen LogP contribution in [-0.4, -0.2) is 24.1 Å². The van der Waals surface area contributed by atoms with Crippen molar-refractivity contribution < 1.29 is 0 Å². The molecule has 1 saturated heterocycles. The second-order valence-electron chi connectivity index (χ2n) is 4.00. The molecule has 16 heavy (non-hydrogen) atoms. The lowest BCUT2D eigenvalue weighted by Gasteiger charge is -2.11. The molecule has 0 saturated carbocycles. The van der Waals surface area contributed by atoms with Gasteiger partial charge in [-0.15, -0.1) is 0 Å². The molecule has 1 aromatic rings. The van der Waals surface area contributed by atoms with Crippen LogP contribution in [0.25, 0.3) is 0 Å². The van der Waals surface area contributed by atoms with E-state index in [1.165, 1.54) is 23.5 Å². The van der Waals surface area contributed by atoms with Crippen LogP contribution >= 0.6 is 39.3 Å². The minimum atomic E-state index is 0.711. The summed E-state index contributed by atoms with van der Waals surface area (Å²) in [6, 6.07) is 6.68. The molecule has 0 spiro atoms. The second kappa shape index (κ2) is 6.29. The first-order valence-electron chi connectivity index (χ1n) is 5.51. The van der Waals surface area contributed by atoms with Crippen LogP contribution in [0.5, 0.6) is 0 Å². The maximum absolute atomic E-state index is 5.98. The molecule has 88 valence electrons. The van der Waals surface area contributed by atoms with Crippen molar-refractivity contribution in [1.82, 2.24) is 5.32 Å². The van der Waals surface area contributed by atoms with Gasteiger partial charge >= 0.3 is 0 Å². The molecule has 0 aromatic heterocycles. The summed E-state index contributed by atoms with van der Waals surface area (Å²) >= 11 is 11.6. The summed E-state index contributed by atoms with van der Waals surface area (Å²) in [5.74, 6) is 2.56. The van der Waals surface area contributed by atoms with E-state index in [0.29, 0.717) is 6.04 Å². The van der Waals surface area contributed by atoms with Gasteiger partial charge in [0.05, 0.1) is 0 Å². The lowest BCUT2D eigenvalue weighted by Crippen LogP contribution is -2.30. The van der Waals surface area contributed by atoms with E-state index in [2.05, 4.69) is 21.2 Å². The third kappa shape index (κ3) is 3.66. The van der Waals surface area contributed by atoms with Gasteiger partial charge in [-0.2, -0.15) is 11.8 Å². The van der Waals surface area contributed by atoms with Gasteiger partial charge in [0, 0.05) is 21.3 Å². The summed E-state index contributed by atoms with van der Waals surface area (Å²) in [7, 11) is 0. The van der Waals surface area contributed by atoms with E-state index in [1.54, 1.807) is 0 Å². The number of hydrogen-bond acceptors (Lipinski definition) is 2. The molecule has 1 aromatic carbocycles. The lowest BCUT2D eigenvalue weighted by atomic mass is 10.1. The zero-order chi connectivity index (χ0) is 11.4. The van der Waals surface area contributed by atoms with E-state index in [1.807, 2.05) is 30.0 Å². The Morgan fingerprint density at radius 2 is 2.38 bits per heavy atom. The van der Waals surface area contributed by atoms with Crippen molar-refractivity contribution in [1.29, 1.82) is 0 Å². The number of hydrogen-bond donors (Lipinski definition) is 1. The summed E-state index contributed by atoms with van der Waals surface area (Å²) in [6.07, 6.45) is 2.34. The number of rotatable bonds is 4. The van der Waals surface area contributed by atoms with Gasteiger partial charge < -0.3 is 5.32 Å². The first kappa shape index (κ1) is 12.7. The Balaban J connectivity index is 1.82. The Bertz CT molecular complexity index is 353. The van der Waals surface area contributed by atoms with Crippen LogP contribution in [0.15, 0.2) is 22.7 Å². The summed E-state index contributed by atoms with van der Waals surface area (Å²) in [5, 5.41) is 4.41. The Morgan fingerprint density at radius 1 is 1.50 bits per heavy atom. The highest BCUT2D eigenvalue weighted by Crippen LogP contribution is 2.22. The summed E-state index contributed by atoms with van der Waals surface area (Å²) < 4.78 is 1.15. The van der Waals surface area contributed by atoms with Crippen LogP contribution in [0.1, 0.15) is 12.0 Å². The van der Waals surface area contributed by atoms with E-state index >= 15 is 0 Å². The van der Waals surface area contributed by atoms with Crippen molar-refractivity contribution >= 4 is 39.3 Å². The van der Waals surface area contributed by atoms with Gasteiger partial charge in [0.1, 0.15) is 0 Å². The highest BCUT2D eigenvalue weighted by molar-refractivity contribution is 9.10. The second-order valence-corrected chi connectivity index (χ2v) is 6.44. The minimum absolute atomic E-state index is 0.711. The van der Waals surface area contributed by atoms with Crippen molar-refractivity contribution in [3.63, 3.8) is 0 Å². The van der Waals surface area contributed by atoms with Crippen molar-refractivity contribution in [2.45, 2.75) is 18.9 Å². The molecular weight excluding hydrogens is 306 g/mol. The fraction of sp³-hybridized carbons (Fsp3) is 0.500. The first-order chi connectivity index (χ1) is 7.75. The van der Waals surface area contributed by atoms with E-state index < -0.39 is 0 Å². The SMILES string of the molecule is Clc1ccc(Br)c(CCNC2CCSC2)c1. The third-order valence-electron chi connectivity index (χ3n) is 2.76. The smallest absolute Gasteiger partial charge is 0.0409 e. The number of nitrogens with one attached hydrogen (secondary N) is 1. The molecule has 1 fully saturated rings. The molecular formula is C12H15BrClNS. The Kier molecular flexibility index (Phi) is 5.01. The van der Waals surface area contributed by atoms with Gasteiger partial charge in [-0.3, -0.25) is 0 Å². The zero-order valence-electron chi connectivity index (χ0n) is 9.01. The molecule has 1 aliphatic heterocycles. The van der Waals surface area contributed by atoms with Crippen molar-refractivity contribution in [2.75, 3.05) is 18.1 Å².